The molecule has 0 bridgehead atoms. The molecule has 1 unspecified atom stereocenters. The van der Waals surface area contributed by atoms with Crippen LogP contribution in [-0.2, 0) is 5.41 Å². The highest BCUT2D eigenvalue weighted by Gasteiger charge is 2.19. The fourth-order valence-electron chi connectivity index (χ4n) is 2.73. The normalized spacial score (nSPS) is 12.2. The van der Waals surface area contributed by atoms with Crippen LogP contribution in [0.25, 0.3) is 11.3 Å². The largest absolute Gasteiger partial charge is 0.387 e. The van der Waals surface area contributed by atoms with Crippen molar-refractivity contribution in [1.82, 2.24) is 9.97 Å². The average Bonchev–Trinajstić information content (AvgIpc) is 2.73. The first-order valence-electron chi connectivity index (χ1n) is 8.81. The zero-order chi connectivity index (χ0) is 19.3. The van der Waals surface area contributed by atoms with Gasteiger partial charge in [0.1, 0.15) is 12.1 Å². The quantitative estimate of drug-likeness (QED) is 0.693. The summed E-state index contributed by atoms with van der Waals surface area (Å²) in [5.41, 5.74) is 3.02. The molecule has 0 amide bonds. The van der Waals surface area contributed by atoms with Crippen molar-refractivity contribution in [2.75, 3.05) is 11.9 Å². The topological polar surface area (TPSA) is 81.8 Å². The van der Waals surface area contributed by atoms with Crippen molar-refractivity contribution < 1.29 is 5.11 Å². The number of hydrogen-bond acceptors (Lipinski definition) is 5. The molecule has 0 saturated carbocycles. The van der Waals surface area contributed by atoms with E-state index in [9.17, 15) is 10.4 Å². The Morgan fingerprint density at radius 3 is 2.44 bits per heavy atom. The van der Waals surface area contributed by atoms with Crippen molar-refractivity contribution in [3.05, 3.63) is 78.1 Å². The Kier molecular flexibility index (Phi) is 5.49. The molecule has 3 rings (SSSR count). The third-order valence-electron chi connectivity index (χ3n) is 4.51. The first-order chi connectivity index (χ1) is 13.0. The Morgan fingerprint density at radius 1 is 1.07 bits per heavy atom. The summed E-state index contributed by atoms with van der Waals surface area (Å²) in [5, 5.41) is 22.7. The molecule has 136 valence electrons. The molecule has 2 aromatic carbocycles. The number of aliphatic hydroxyl groups excluding tert-OH is 1. The number of nitrogens with zero attached hydrogens (tertiary/aromatic N) is 3. The third kappa shape index (κ3) is 4.49. The van der Waals surface area contributed by atoms with Crippen molar-refractivity contribution >= 4 is 5.82 Å². The Morgan fingerprint density at radius 2 is 1.78 bits per heavy atom. The van der Waals surface area contributed by atoms with Gasteiger partial charge in [-0.1, -0.05) is 54.6 Å². The molecule has 0 aliphatic rings. The molecular weight excluding hydrogens is 336 g/mol. The van der Waals surface area contributed by atoms with Crippen LogP contribution in [0.4, 0.5) is 5.82 Å². The molecule has 27 heavy (non-hydrogen) atoms. The number of nitrogens with one attached hydrogen (secondary N) is 1. The van der Waals surface area contributed by atoms with Crippen molar-refractivity contribution in [1.29, 1.82) is 5.26 Å². The van der Waals surface area contributed by atoms with Crippen molar-refractivity contribution in [2.24, 2.45) is 0 Å². The van der Waals surface area contributed by atoms with E-state index in [1.54, 1.807) is 0 Å². The van der Waals surface area contributed by atoms with Crippen LogP contribution in [0.2, 0.25) is 0 Å². The molecule has 0 radical (unpaired) electrons. The predicted octanol–water partition coefficient (Wildman–Crippen LogP) is 4.09. The van der Waals surface area contributed by atoms with E-state index in [4.69, 9.17) is 0 Å². The lowest BCUT2D eigenvalue weighted by Crippen LogP contribution is -2.13. The van der Waals surface area contributed by atoms with E-state index in [0.717, 1.165) is 22.4 Å². The fraction of sp³-hybridized carbons (Fsp3) is 0.227. The lowest BCUT2D eigenvalue weighted by Gasteiger charge is -2.16. The van der Waals surface area contributed by atoms with E-state index in [-0.39, 0.29) is 0 Å². The van der Waals surface area contributed by atoms with Crippen LogP contribution in [-0.4, -0.2) is 21.6 Å². The molecule has 5 heteroatoms. The number of nitriles is 1. The van der Waals surface area contributed by atoms with Crippen LogP contribution >= 0.6 is 0 Å². The van der Waals surface area contributed by atoms with Crippen LogP contribution in [0.1, 0.15) is 31.1 Å². The predicted molar refractivity (Wildman–Crippen MR) is 106 cm³/mol. The van der Waals surface area contributed by atoms with E-state index < -0.39 is 11.5 Å². The highest BCUT2D eigenvalue weighted by Crippen LogP contribution is 2.26. The number of anilines is 1. The molecule has 1 aromatic heterocycles. The highest BCUT2D eigenvalue weighted by molar-refractivity contribution is 5.62. The minimum atomic E-state index is -0.614. The maximum Gasteiger partial charge on any atom is 0.130 e. The molecule has 5 nitrogen and oxygen atoms in total. The van der Waals surface area contributed by atoms with Gasteiger partial charge in [0, 0.05) is 18.2 Å². The minimum absolute atomic E-state index is 0.357. The second kappa shape index (κ2) is 7.98. The van der Waals surface area contributed by atoms with Gasteiger partial charge in [0.25, 0.3) is 0 Å². The van der Waals surface area contributed by atoms with Gasteiger partial charge in [-0.05, 0) is 25.0 Å². The van der Waals surface area contributed by atoms with Crippen LogP contribution in [0.5, 0.6) is 0 Å². The molecule has 0 aliphatic heterocycles. The lowest BCUT2D eigenvalue weighted by atomic mass is 9.86. The summed E-state index contributed by atoms with van der Waals surface area (Å²) in [5.74, 6) is 0.649. The second-order valence-electron chi connectivity index (χ2n) is 6.91. The van der Waals surface area contributed by atoms with E-state index in [1.807, 2.05) is 74.5 Å². The minimum Gasteiger partial charge on any atom is -0.387 e. The standard InChI is InChI=1S/C22H22N4O/c1-22(2,14-23)18-10-8-16(9-11-18)19-12-21(26-15-25-19)24-13-20(27)17-6-4-3-5-7-17/h3-12,15,20,27H,13H2,1-2H3,(H,24,25,26). The van der Waals surface area contributed by atoms with Gasteiger partial charge in [-0.2, -0.15) is 5.26 Å². The zero-order valence-corrected chi connectivity index (χ0v) is 15.4. The van der Waals surface area contributed by atoms with E-state index >= 15 is 0 Å². The van der Waals surface area contributed by atoms with Crippen LogP contribution in [0.15, 0.2) is 67.0 Å². The average molecular weight is 358 g/mol. The summed E-state index contributed by atoms with van der Waals surface area (Å²) in [6.07, 6.45) is 0.886. The lowest BCUT2D eigenvalue weighted by molar-refractivity contribution is 0.191. The number of aliphatic hydroxyl groups is 1. The number of hydrogen-bond donors (Lipinski definition) is 2. The molecule has 1 atom stereocenters. The maximum atomic E-state index is 10.3. The smallest absolute Gasteiger partial charge is 0.130 e. The highest BCUT2D eigenvalue weighted by atomic mass is 16.3. The molecule has 1 heterocycles. The summed E-state index contributed by atoms with van der Waals surface area (Å²) in [6, 6.07) is 21.5. The molecule has 0 aliphatic carbocycles. The van der Waals surface area contributed by atoms with Crippen LogP contribution < -0.4 is 5.32 Å². The van der Waals surface area contributed by atoms with Gasteiger partial charge in [0.2, 0.25) is 0 Å². The van der Waals surface area contributed by atoms with Gasteiger partial charge in [-0.15, -0.1) is 0 Å². The van der Waals surface area contributed by atoms with Crippen molar-refractivity contribution in [2.45, 2.75) is 25.4 Å². The Labute approximate surface area is 159 Å². The van der Waals surface area contributed by atoms with Crippen molar-refractivity contribution in [3.63, 3.8) is 0 Å². The Hall–Kier alpha value is -3.23. The van der Waals surface area contributed by atoms with Crippen LogP contribution in [0.3, 0.4) is 0 Å². The molecule has 0 saturated heterocycles. The zero-order valence-electron chi connectivity index (χ0n) is 15.4. The monoisotopic (exact) mass is 358 g/mol. The summed E-state index contributed by atoms with van der Waals surface area (Å²) in [6.45, 7) is 4.15. The molecule has 0 fully saturated rings. The van der Waals surface area contributed by atoms with E-state index in [0.29, 0.717) is 12.4 Å². The SMILES string of the molecule is CC(C)(C#N)c1ccc(-c2cc(NCC(O)c3ccccc3)ncn2)cc1. The number of benzene rings is 2. The van der Waals surface area contributed by atoms with Gasteiger partial charge < -0.3 is 10.4 Å². The van der Waals surface area contributed by atoms with Crippen LogP contribution in [0, 0.1) is 11.3 Å². The second-order valence-corrected chi connectivity index (χ2v) is 6.91. The Bertz CT molecular complexity index is 931. The number of aromatic nitrogens is 2. The van der Waals surface area contributed by atoms with Gasteiger partial charge in [0.15, 0.2) is 0 Å². The van der Waals surface area contributed by atoms with Gasteiger partial charge >= 0.3 is 0 Å². The van der Waals surface area contributed by atoms with Gasteiger partial charge in [-0.3, -0.25) is 0 Å². The van der Waals surface area contributed by atoms with Gasteiger partial charge in [0.05, 0.1) is 23.3 Å². The van der Waals surface area contributed by atoms with Crippen molar-refractivity contribution in [3.8, 4) is 17.3 Å². The third-order valence-corrected chi connectivity index (χ3v) is 4.51. The first-order valence-corrected chi connectivity index (χ1v) is 8.81. The maximum absolute atomic E-state index is 10.3. The Balaban J connectivity index is 1.71. The van der Waals surface area contributed by atoms with E-state index in [2.05, 4.69) is 21.4 Å². The number of rotatable bonds is 6. The molecule has 3 aromatic rings. The fourth-order valence-corrected chi connectivity index (χ4v) is 2.73. The summed E-state index contributed by atoms with van der Waals surface area (Å²) in [4.78, 5) is 8.55. The molecule has 0 spiro atoms. The molecular formula is C22H22N4O. The summed E-state index contributed by atoms with van der Waals surface area (Å²) < 4.78 is 0. The summed E-state index contributed by atoms with van der Waals surface area (Å²) in [7, 11) is 0. The first kappa shape index (κ1) is 18.6. The summed E-state index contributed by atoms with van der Waals surface area (Å²) >= 11 is 0. The molecule has 2 N–H and O–H groups in total. The van der Waals surface area contributed by atoms with E-state index in [1.165, 1.54) is 6.33 Å². The van der Waals surface area contributed by atoms with Gasteiger partial charge in [-0.25, -0.2) is 9.97 Å².